The third-order valence-corrected chi connectivity index (χ3v) is 1.05. The van der Waals surface area contributed by atoms with Gasteiger partial charge in [-0.15, -0.1) is 0 Å². The van der Waals surface area contributed by atoms with Crippen molar-refractivity contribution in [2.24, 2.45) is 0 Å². The van der Waals surface area contributed by atoms with Gasteiger partial charge in [-0.2, -0.15) is 0 Å². The largest absolute Gasteiger partial charge is 0.0922 e. The Kier molecular flexibility index (Phi) is 3.66. The summed E-state index contributed by atoms with van der Waals surface area (Å²) in [5.74, 6) is 0. The van der Waals surface area contributed by atoms with Crippen LogP contribution in [-0.2, 0) is 0 Å². The zero-order chi connectivity index (χ0) is 4.28. The Hall–Kier alpha value is 0.900. The van der Waals surface area contributed by atoms with E-state index in [4.69, 9.17) is 0 Å². The Bertz CT molecular complexity index is 23.6. The molecule has 0 rings (SSSR count). The lowest BCUT2D eigenvalue weighted by Crippen LogP contribution is -1.74. The van der Waals surface area contributed by atoms with Gasteiger partial charge in [0.05, 0.1) is 13.9 Å². The van der Waals surface area contributed by atoms with Crippen molar-refractivity contribution in [3.63, 3.8) is 0 Å². The third-order valence-electron chi connectivity index (χ3n) is 0.0522. The number of rotatable bonds is 1. The first kappa shape index (κ1) is 5.90. The van der Waals surface area contributed by atoms with Gasteiger partial charge < -0.3 is 0 Å². The van der Waals surface area contributed by atoms with Gasteiger partial charge in [-0.1, -0.05) is 8.96 Å². The van der Waals surface area contributed by atoms with Gasteiger partial charge in [-0.25, -0.2) is 0 Å². The smallest absolute Gasteiger partial charge is 0.0882 e. The number of hydrogen-bond donors (Lipinski definition) is 0. The maximum Gasteiger partial charge on any atom is 0.0922 e. The molecule has 0 unspecified atom stereocenters. The van der Waals surface area contributed by atoms with Gasteiger partial charge in [-0.3, -0.25) is 0 Å². The van der Waals surface area contributed by atoms with E-state index in [-0.39, 0.29) is 0 Å². The lowest BCUT2D eigenvalue weighted by Gasteiger charge is -1.81. The molecule has 0 atom stereocenters. The van der Waals surface area contributed by atoms with Crippen LogP contribution < -0.4 is 0 Å². The highest BCUT2D eigenvalue weighted by molar-refractivity contribution is 14.2. The molecule has 0 bridgehead atoms. The summed E-state index contributed by atoms with van der Waals surface area (Å²) in [6.07, 6.45) is 0. The zero-order valence-corrected chi connectivity index (χ0v) is 4.96. The van der Waals surface area contributed by atoms with Crippen molar-refractivity contribution >= 4 is 30.3 Å². The van der Waals surface area contributed by atoms with Crippen LogP contribution in [0.2, 0.25) is 0 Å². The Morgan fingerprint density at radius 1 is 1.60 bits per heavy atom. The summed E-state index contributed by atoms with van der Waals surface area (Å²) in [6.45, 7) is 0. The van der Waals surface area contributed by atoms with E-state index in [9.17, 15) is 8.96 Å². The molecule has 0 spiro atoms. The first-order chi connectivity index (χ1) is 2.27. The molecule has 1 nitrogen and oxygen atoms in total. The first-order valence-electron chi connectivity index (χ1n) is 0.675. The molecule has 32 valence electrons. The quantitative estimate of drug-likeness (QED) is 0.371. The molecule has 0 heterocycles. The highest BCUT2D eigenvalue weighted by Crippen LogP contribution is 2.17. The summed E-state index contributed by atoms with van der Waals surface area (Å²) >= 11 is 1.47. The molecule has 0 radical (unpaired) electrons. The second-order valence-electron chi connectivity index (χ2n) is 0.271. The fourth-order valence-electron chi connectivity index (χ4n) is 0. The summed E-state index contributed by atoms with van der Waals surface area (Å²) in [5.41, 5.74) is 0. The molecule has 0 amide bonds. The monoisotopic (exact) mass is 211 g/mol. The predicted octanol–water partition coefficient (Wildman–Crippen LogP) is 2.06. The maximum absolute atomic E-state index is 10.6. The SMILES string of the molecule is FN(F)SI. The zero-order valence-electron chi connectivity index (χ0n) is 1.99. The van der Waals surface area contributed by atoms with Crippen molar-refractivity contribution in [1.82, 2.24) is 4.75 Å². The normalized spacial score (nSPS) is 9.60. The van der Waals surface area contributed by atoms with Gasteiger partial charge in [0.25, 0.3) is 0 Å². The maximum atomic E-state index is 10.6. The fourth-order valence-corrected chi connectivity index (χ4v) is 0. The van der Waals surface area contributed by atoms with E-state index in [1.165, 1.54) is 21.2 Å². The van der Waals surface area contributed by atoms with Gasteiger partial charge in [-0.05, 0) is 0 Å². The molecule has 0 aromatic carbocycles. The standard InChI is InChI=1S/F2INS/c1-4(2)5-3. The molecule has 5 heteroatoms. The molecule has 0 aliphatic carbocycles. The summed E-state index contributed by atoms with van der Waals surface area (Å²) in [7, 11) is 0.350. The second-order valence-corrected chi connectivity index (χ2v) is 1.87. The van der Waals surface area contributed by atoms with Gasteiger partial charge in [0.1, 0.15) is 0 Å². The van der Waals surface area contributed by atoms with Crippen LogP contribution in [0.1, 0.15) is 0 Å². The molecule has 0 saturated carbocycles. The number of halogens is 3. The summed E-state index contributed by atoms with van der Waals surface area (Å²) in [6, 6.07) is 0. The second kappa shape index (κ2) is 3.10. The van der Waals surface area contributed by atoms with Crippen LogP contribution in [0.3, 0.4) is 0 Å². The van der Waals surface area contributed by atoms with E-state index in [0.29, 0.717) is 9.12 Å². The van der Waals surface area contributed by atoms with Crippen LogP contribution in [0.25, 0.3) is 0 Å². The number of nitrogens with zero attached hydrogens (tertiary/aromatic N) is 1. The molecule has 0 fully saturated rings. The highest BCUT2D eigenvalue weighted by atomic mass is 127. The van der Waals surface area contributed by atoms with E-state index < -0.39 is 4.75 Å². The van der Waals surface area contributed by atoms with Crippen LogP contribution in [0.5, 0.6) is 0 Å². The van der Waals surface area contributed by atoms with E-state index in [0.717, 1.165) is 0 Å². The molecular weight excluding hydrogens is 211 g/mol. The lowest BCUT2D eigenvalue weighted by atomic mass is 13.6. The Balaban J connectivity index is 2.54. The third kappa shape index (κ3) is 4.90. The first-order valence-corrected chi connectivity index (χ1v) is 3.99. The molecule has 0 aromatic rings. The van der Waals surface area contributed by atoms with E-state index in [2.05, 4.69) is 0 Å². The van der Waals surface area contributed by atoms with Gasteiger partial charge in [0.15, 0.2) is 0 Å². The molecule has 5 heavy (non-hydrogen) atoms. The molecule has 0 aliphatic heterocycles. The van der Waals surface area contributed by atoms with Crippen LogP contribution in [-0.4, -0.2) is 4.75 Å². The van der Waals surface area contributed by atoms with Crippen molar-refractivity contribution < 1.29 is 8.96 Å². The van der Waals surface area contributed by atoms with Crippen molar-refractivity contribution in [2.75, 3.05) is 0 Å². The number of hydrogen-bond acceptors (Lipinski definition) is 2. The highest BCUT2D eigenvalue weighted by Gasteiger charge is 1.89. The molecule has 0 N–H and O–H groups in total. The summed E-state index contributed by atoms with van der Waals surface area (Å²) in [4.78, 5) is 0. The minimum Gasteiger partial charge on any atom is -0.0882 e. The van der Waals surface area contributed by atoms with Crippen molar-refractivity contribution in [3.05, 3.63) is 0 Å². The topological polar surface area (TPSA) is 3.24 Å². The fraction of sp³-hybridized carbons (Fsp3) is 0. The average Bonchev–Trinajstić information content (AvgIpc) is 1.38. The summed E-state index contributed by atoms with van der Waals surface area (Å²) < 4.78 is 20.1. The Morgan fingerprint density at radius 2 is 1.80 bits per heavy atom. The molecule has 0 aliphatic rings. The van der Waals surface area contributed by atoms with Crippen molar-refractivity contribution in [3.8, 4) is 0 Å². The van der Waals surface area contributed by atoms with Crippen LogP contribution in [0.15, 0.2) is 0 Å². The molecular formula is F2INS. The van der Waals surface area contributed by atoms with Crippen LogP contribution in [0.4, 0.5) is 8.96 Å². The minimum atomic E-state index is -0.972. The lowest BCUT2D eigenvalue weighted by molar-refractivity contribution is -0.0374. The van der Waals surface area contributed by atoms with Gasteiger partial charge in [0.2, 0.25) is 0 Å². The predicted molar refractivity (Wildman–Crippen MR) is 25.7 cm³/mol. The molecule has 0 saturated heterocycles. The van der Waals surface area contributed by atoms with E-state index in [1.807, 2.05) is 0 Å². The van der Waals surface area contributed by atoms with Gasteiger partial charge in [0, 0.05) is 21.2 Å². The van der Waals surface area contributed by atoms with Crippen molar-refractivity contribution in [1.29, 1.82) is 0 Å². The Morgan fingerprint density at radius 3 is 1.80 bits per heavy atom. The van der Waals surface area contributed by atoms with E-state index >= 15 is 0 Å². The molecule has 0 aromatic heterocycles. The minimum absolute atomic E-state index is 0.350. The van der Waals surface area contributed by atoms with Crippen LogP contribution >= 0.6 is 30.3 Å². The average molecular weight is 211 g/mol. The van der Waals surface area contributed by atoms with Gasteiger partial charge >= 0.3 is 0 Å². The van der Waals surface area contributed by atoms with Crippen molar-refractivity contribution in [2.45, 2.75) is 0 Å². The summed E-state index contributed by atoms with van der Waals surface area (Å²) in [5, 5.41) is 0. The van der Waals surface area contributed by atoms with Crippen LogP contribution in [0, 0.1) is 0 Å². The van der Waals surface area contributed by atoms with E-state index in [1.54, 1.807) is 0 Å². The Labute approximate surface area is 44.3 Å².